The predicted octanol–water partition coefficient (Wildman–Crippen LogP) is 5.21. The largest absolute Gasteiger partial charge is 0.508 e. The van der Waals surface area contributed by atoms with Crippen LogP contribution in [-0.4, -0.2) is 74.3 Å². The first-order chi connectivity index (χ1) is 20.5. The fourth-order valence-electron chi connectivity index (χ4n) is 4.76. The fraction of sp³-hybridized carbons (Fsp3) is 0.200. The van der Waals surface area contributed by atoms with E-state index in [1.54, 1.807) is 54.7 Å². The lowest BCUT2D eigenvalue weighted by atomic mass is 10.2. The lowest BCUT2D eigenvalue weighted by Crippen LogP contribution is -2.48. The van der Waals surface area contributed by atoms with Gasteiger partial charge in [0.15, 0.2) is 0 Å². The fourth-order valence-corrected chi connectivity index (χ4v) is 4.93. The molecule has 1 aliphatic rings. The van der Waals surface area contributed by atoms with E-state index in [9.17, 15) is 10.2 Å². The van der Waals surface area contributed by atoms with Crippen molar-refractivity contribution in [2.75, 3.05) is 60.1 Å². The first-order valence-electron chi connectivity index (χ1n) is 13.6. The highest BCUT2D eigenvalue weighted by Gasteiger charge is 2.21. The highest BCUT2D eigenvalue weighted by molar-refractivity contribution is 6.31. The summed E-state index contributed by atoms with van der Waals surface area (Å²) in [5, 5.41) is 30.9. The third kappa shape index (κ3) is 6.70. The first kappa shape index (κ1) is 27.3. The van der Waals surface area contributed by atoms with Crippen molar-refractivity contribution >= 4 is 57.4 Å². The zero-order valence-corrected chi connectivity index (χ0v) is 23.5. The Morgan fingerprint density at radius 1 is 0.738 bits per heavy atom. The maximum Gasteiger partial charge on any atom is 0.233 e. The number of aromatic nitrogens is 4. The molecule has 0 aliphatic carbocycles. The minimum absolute atomic E-state index is 0.179. The normalized spacial score (nSPS) is 13.7. The number of benzene rings is 3. The summed E-state index contributed by atoms with van der Waals surface area (Å²) in [4.78, 5) is 22.9. The molecule has 5 N–H and O–H groups in total. The van der Waals surface area contributed by atoms with Gasteiger partial charge < -0.3 is 31.1 Å². The van der Waals surface area contributed by atoms with Gasteiger partial charge in [-0.05, 0) is 72.8 Å². The molecule has 0 amide bonds. The van der Waals surface area contributed by atoms with Crippen molar-refractivity contribution in [3.63, 3.8) is 0 Å². The quantitative estimate of drug-likeness (QED) is 0.146. The number of halogens is 1. The number of aromatic hydroxyl groups is 2. The average molecular weight is 584 g/mol. The molecule has 3 heterocycles. The summed E-state index contributed by atoms with van der Waals surface area (Å²) in [6.07, 6.45) is 1.80. The first-order valence-corrected chi connectivity index (χ1v) is 14.0. The van der Waals surface area contributed by atoms with E-state index in [0.717, 1.165) is 67.2 Å². The lowest BCUT2D eigenvalue weighted by Gasteiger charge is -2.34. The van der Waals surface area contributed by atoms with Gasteiger partial charge in [0.05, 0.1) is 5.52 Å². The smallest absolute Gasteiger partial charge is 0.233 e. The van der Waals surface area contributed by atoms with Gasteiger partial charge in [-0.1, -0.05) is 11.6 Å². The van der Waals surface area contributed by atoms with E-state index in [4.69, 9.17) is 21.6 Å². The Hall–Kier alpha value is -4.87. The van der Waals surface area contributed by atoms with E-state index in [0.29, 0.717) is 22.9 Å². The third-order valence-electron chi connectivity index (χ3n) is 6.97. The number of fused-ring (bicyclic) bond motifs is 1. The van der Waals surface area contributed by atoms with Gasteiger partial charge >= 0.3 is 0 Å². The van der Waals surface area contributed by atoms with E-state index in [2.05, 4.69) is 35.7 Å². The van der Waals surface area contributed by atoms with E-state index in [-0.39, 0.29) is 11.5 Å². The zero-order valence-electron chi connectivity index (χ0n) is 22.7. The summed E-state index contributed by atoms with van der Waals surface area (Å²) < 4.78 is 0. The van der Waals surface area contributed by atoms with Crippen molar-refractivity contribution in [3.05, 3.63) is 84.0 Å². The maximum absolute atomic E-state index is 9.63. The number of pyridine rings is 1. The van der Waals surface area contributed by atoms with Crippen molar-refractivity contribution in [2.45, 2.75) is 0 Å². The van der Waals surface area contributed by atoms with E-state index in [1.165, 1.54) is 0 Å². The second-order valence-corrected chi connectivity index (χ2v) is 10.3. The van der Waals surface area contributed by atoms with Gasteiger partial charge in [-0.2, -0.15) is 15.0 Å². The molecule has 5 aromatic rings. The number of rotatable bonds is 9. The molecule has 0 bridgehead atoms. The second-order valence-electron chi connectivity index (χ2n) is 9.90. The molecule has 1 aliphatic heterocycles. The minimum Gasteiger partial charge on any atom is -0.508 e. The number of nitrogens with zero attached hydrogens (tertiary/aromatic N) is 6. The molecule has 0 unspecified atom stereocenters. The van der Waals surface area contributed by atoms with Crippen molar-refractivity contribution in [1.82, 2.24) is 24.8 Å². The average Bonchev–Trinajstić information content (AvgIpc) is 3.00. The SMILES string of the molecule is Oc1ccc(Nc2nc(Nc3ccc(O)cc3)nc(N3CCN(CCNc4ccnc5cc(Cl)ccc45)CC3)n2)cc1. The Morgan fingerprint density at radius 2 is 1.36 bits per heavy atom. The Kier molecular flexibility index (Phi) is 8.02. The van der Waals surface area contributed by atoms with Crippen LogP contribution in [0.2, 0.25) is 5.02 Å². The molecule has 0 saturated carbocycles. The summed E-state index contributed by atoms with van der Waals surface area (Å²) in [6.45, 7) is 4.94. The van der Waals surface area contributed by atoms with Crippen molar-refractivity contribution in [3.8, 4) is 11.5 Å². The van der Waals surface area contributed by atoms with Gasteiger partial charge in [-0.15, -0.1) is 0 Å². The Bertz CT molecular complexity index is 1600. The van der Waals surface area contributed by atoms with Gasteiger partial charge in [-0.25, -0.2) is 0 Å². The van der Waals surface area contributed by atoms with Crippen molar-refractivity contribution < 1.29 is 10.2 Å². The number of hydrogen-bond donors (Lipinski definition) is 5. The molecule has 0 radical (unpaired) electrons. The number of anilines is 6. The lowest BCUT2D eigenvalue weighted by molar-refractivity contribution is 0.266. The van der Waals surface area contributed by atoms with Gasteiger partial charge in [0.2, 0.25) is 17.8 Å². The molecule has 6 rings (SSSR count). The molecule has 42 heavy (non-hydrogen) atoms. The third-order valence-corrected chi connectivity index (χ3v) is 7.21. The molecule has 1 saturated heterocycles. The second kappa shape index (κ2) is 12.3. The topological polar surface area (TPSA) is 135 Å². The van der Waals surface area contributed by atoms with Gasteiger partial charge in [-0.3, -0.25) is 9.88 Å². The maximum atomic E-state index is 9.63. The van der Waals surface area contributed by atoms with Crippen LogP contribution in [0.5, 0.6) is 11.5 Å². The van der Waals surface area contributed by atoms with Crippen LogP contribution in [0.25, 0.3) is 10.9 Å². The van der Waals surface area contributed by atoms with Gasteiger partial charge in [0, 0.05) is 72.9 Å². The Balaban J connectivity index is 1.11. The van der Waals surface area contributed by atoms with Crippen LogP contribution in [0.3, 0.4) is 0 Å². The Labute approximate surface area is 247 Å². The summed E-state index contributed by atoms with van der Waals surface area (Å²) >= 11 is 6.13. The van der Waals surface area contributed by atoms with Gasteiger partial charge in [0.25, 0.3) is 0 Å². The van der Waals surface area contributed by atoms with Crippen LogP contribution in [0.4, 0.5) is 34.9 Å². The molecule has 11 nitrogen and oxygen atoms in total. The molecule has 1 fully saturated rings. The van der Waals surface area contributed by atoms with E-state index >= 15 is 0 Å². The molecule has 0 atom stereocenters. The van der Waals surface area contributed by atoms with Gasteiger partial charge in [0.1, 0.15) is 11.5 Å². The standard InChI is InChI=1S/C30H30ClN9O2/c31-20-1-10-25-26(11-12-32-27(25)19-20)33-13-14-39-15-17-40(18-16-39)30-37-28(34-21-2-6-23(41)7-3-21)36-29(38-30)35-22-4-8-24(42)9-5-22/h1-12,19,41-42H,13-18H2,(H,32,33)(H2,34,35,36,37,38). The molecule has 0 spiro atoms. The van der Waals surface area contributed by atoms with Crippen LogP contribution in [0, 0.1) is 0 Å². The van der Waals surface area contributed by atoms with Crippen LogP contribution in [0.15, 0.2) is 79.0 Å². The van der Waals surface area contributed by atoms with Crippen LogP contribution in [0.1, 0.15) is 0 Å². The molecule has 12 heteroatoms. The monoisotopic (exact) mass is 583 g/mol. The van der Waals surface area contributed by atoms with Crippen LogP contribution in [-0.2, 0) is 0 Å². The number of phenolic OH excluding ortho intramolecular Hbond substituents is 2. The van der Waals surface area contributed by atoms with Crippen LogP contribution >= 0.6 is 11.6 Å². The molecule has 214 valence electrons. The number of phenols is 2. The number of hydrogen-bond acceptors (Lipinski definition) is 11. The number of nitrogens with one attached hydrogen (secondary N) is 3. The molecule has 2 aromatic heterocycles. The summed E-state index contributed by atoms with van der Waals surface area (Å²) in [5.41, 5.74) is 3.39. The van der Waals surface area contributed by atoms with Crippen LogP contribution < -0.4 is 20.9 Å². The molecular formula is C30H30ClN9O2. The summed E-state index contributed by atoms with van der Waals surface area (Å²) in [7, 11) is 0. The highest BCUT2D eigenvalue weighted by atomic mass is 35.5. The molecular weight excluding hydrogens is 554 g/mol. The van der Waals surface area contributed by atoms with Crippen molar-refractivity contribution in [1.29, 1.82) is 0 Å². The predicted molar refractivity (Wildman–Crippen MR) is 167 cm³/mol. The molecule has 3 aromatic carbocycles. The van der Waals surface area contributed by atoms with Crippen molar-refractivity contribution in [2.24, 2.45) is 0 Å². The van der Waals surface area contributed by atoms with E-state index < -0.39 is 0 Å². The summed E-state index contributed by atoms with van der Waals surface area (Å²) in [6, 6.07) is 21.1. The minimum atomic E-state index is 0.179. The van der Waals surface area contributed by atoms with E-state index in [1.807, 2.05) is 24.3 Å². The Morgan fingerprint density at radius 3 is 1.98 bits per heavy atom. The summed E-state index contributed by atoms with van der Waals surface area (Å²) in [5.74, 6) is 1.68. The zero-order chi connectivity index (χ0) is 28.9. The highest BCUT2D eigenvalue weighted by Crippen LogP contribution is 2.25. The number of piperazine rings is 1.